The summed E-state index contributed by atoms with van der Waals surface area (Å²) in [7, 11) is 0. The predicted molar refractivity (Wildman–Crippen MR) is 101 cm³/mol. The van der Waals surface area contributed by atoms with Crippen molar-refractivity contribution in [1.29, 1.82) is 0 Å². The second-order valence-electron chi connectivity index (χ2n) is 7.08. The first-order valence-electron chi connectivity index (χ1n) is 8.92. The molecular weight excluding hydrogens is 348 g/mol. The number of carbonyl (C=O) groups excluding carboxylic acids is 2. The smallest absolute Gasteiger partial charge is 0.325 e. The van der Waals surface area contributed by atoms with Gasteiger partial charge in [-0.2, -0.15) is 0 Å². The van der Waals surface area contributed by atoms with Crippen molar-refractivity contribution in [2.24, 2.45) is 0 Å². The Morgan fingerprint density at radius 2 is 2.00 bits per heavy atom. The van der Waals surface area contributed by atoms with Crippen molar-refractivity contribution >= 4 is 23.3 Å². The minimum Gasteiger partial charge on any atom is -0.492 e. The SMILES string of the molecule is Cc1cc(C)cc(OCCN2C(=O)N[C@]3(CCCc4sccc43)C2=O)c1. The highest BCUT2D eigenvalue weighted by molar-refractivity contribution is 7.10. The number of nitrogens with zero attached hydrogens (tertiary/aromatic N) is 1. The van der Waals surface area contributed by atoms with Crippen LogP contribution in [0.2, 0.25) is 0 Å². The lowest BCUT2D eigenvalue weighted by Gasteiger charge is -2.31. The van der Waals surface area contributed by atoms with E-state index in [-0.39, 0.29) is 25.1 Å². The Balaban J connectivity index is 1.47. The van der Waals surface area contributed by atoms with Gasteiger partial charge in [0.15, 0.2) is 0 Å². The molecular formula is C20H22N2O3S. The number of nitrogens with one attached hydrogen (secondary N) is 1. The summed E-state index contributed by atoms with van der Waals surface area (Å²) in [4.78, 5) is 28.1. The van der Waals surface area contributed by atoms with Gasteiger partial charge in [-0.05, 0) is 67.8 Å². The van der Waals surface area contributed by atoms with Crippen molar-refractivity contribution in [3.05, 3.63) is 51.2 Å². The Labute approximate surface area is 157 Å². The summed E-state index contributed by atoms with van der Waals surface area (Å²) in [5.74, 6) is 0.618. The number of thiophene rings is 1. The molecule has 5 nitrogen and oxygen atoms in total. The molecule has 3 amide bonds. The largest absolute Gasteiger partial charge is 0.492 e. The number of hydrogen-bond donors (Lipinski definition) is 1. The summed E-state index contributed by atoms with van der Waals surface area (Å²) >= 11 is 1.66. The van der Waals surface area contributed by atoms with E-state index in [2.05, 4.69) is 11.4 Å². The monoisotopic (exact) mass is 370 g/mol. The summed E-state index contributed by atoms with van der Waals surface area (Å²) in [5, 5.41) is 4.97. The predicted octanol–water partition coefficient (Wildman–Crippen LogP) is 3.53. The highest BCUT2D eigenvalue weighted by Crippen LogP contribution is 2.42. The van der Waals surface area contributed by atoms with Crippen molar-refractivity contribution in [3.8, 4) is 5.75 Å². The number of imide groups is 1. The zero-order valence-corrected chi connectivity index (χ0v) is 15.8. The normalized spacial score (nSPS) is 21.8. The second-order valence-corrected chi connectivity index (χ2v) is 8.08. The van der Waals surface area contributed by atoms with Crippen LogP contribution in [0.5, 0.6) is 5.75 Å². The first-order chi connectivity index (χ1) is 12.5. The van der Waals surface area contributed by atoms with E-state index in [1.807, 2.05) is 37.4 Å². The van der Waals surface area contributed by atoms with Crippen LogP contribution in [0, 0.1) is 13.8 Å². The Kier molecular flexibility index (Phi) is 4.23. The molecule has 1 aliphatic carbocycles. The van der Waals surface area contributed by atoms with Gasteiger partial charge in [-0.15, -0.1) is 11.3 Å². The van der Waals surface area contributed by atoms with E-state index in [9.17, 15) is 9.59 Å². The molecule has 1 N–H and O–H groups in total. The molecule has 0 saturated carbocycles. The fourth-order valence-electron chi connectivity index (χ4n) is 4.02. The zero-order chi connectivity index (χ0) is 18.3. The van der Waals surface area contributed by atoms with Gasteiger partial charge in [-0.3, -0.25) is 9.69 Å². The molecule has 136 valence electrons. The number of hydrogen-bond acceptors (Lipinski definition) is 4. The molecule has 2 heterocycles. The van der Waals surface area contributed by atoms with Crippen molar-refractivity contribution < 1.29 is 14.3 Å². The van der Waals surface area contributed by atoms with Crippen LogP contribution in [0.4, 0.5) is 4.79 Å². The number of urea groups is 1. The summed E-state index contributed by atoms with van der Waals surface area (Å²) in [6.45, 7) is 4.57. The lowest BCUT2D eigenvalue weighted by molar-refractivity contribution is -0.132. The highest BCUT2D eigenvalue weighted by Gasteiger charge is 2.54. The fourth-order valence-corrected chi connectivity index (χ4v) is 5.02. The Bertz CT molecular complexity index is 855. The maximum atomic E-state index is 13.1. The maximum Gasteiger partial charge on any atom is 0.325 e. The van der Waals surface area contributed by atoms with Gasteiger partial charge in [-0.1, -0.05) is 6.07 Å². The van der Waals surface area contributed by atoms with Crippen LogP contribution < -0.4 is 10.1 Å². The van der Waals surface area contributed by atoms with E-state index in [0.29, 0.717) is 6.42 Å². The third-order valence-corrected chi connectivity index (χ3v) is 6.10. The molecule has 1 aromatic carbocycles. The molecule has 1 aliphatic heterocycles. The standard InChI is InChI=1S/C20H22N2O3S/c1-13-10-14(2)12-15(11-13)25-8-7-22-18(23)20(21-19(22)24)6-3-4-17-16(20)5-9-26-17/h5,9-12H,3-4,6-8H2,1-2H3,(H,21,24)/t20-/m0/s1. The highest BCUT2D eigenvalue weighted by atomic mass is 32.1. The number of rotatable bonds is 4. The van der Waals surface area contributed by atoms with Crippen molar-refractivity contribution in [1.82, 2.24) is 10.2 Å². The average Bonchev–Trinajstić information content (AvgIpc) is 3.14. The molecule has 0 unspecified atom stereocenters. The van der Waals surface area contributed by atoms with Crippen molar-refractivity contribution in [2.75, 3.05) is 13.2 Å². The van der Waals surface area contributed by atoms with E-state index >= 15 is 0 Å². The topological polar surface area (TPSA) is 58.6 Å². The number of carbonyl (C=O) groups is 2. The molecule has 1 saturated heterocycles. The molecule has 6 heteroatoms. The van der Waals surface area contributed by atoms with Crippen molar-refractivity contribution in [2.45, 2.75) is 38.6 Å². The number of fused-ring (bicyclic) bond motifs is 2. The molecule has 2 aliphatic rings. The van der Waals surface area contributed by atoms with Crippen LogP contribution in [-0.2, 0) is 16.8 Å². The number of amides is 3. The Morgan fingerprint density at radius 1 is 1.23 bits per heavy atom. The van der Waals surface area contributed by atoms with Gasteiger partial charge in [0.1, 0.15) is 17.9 Å². The average molecular weight is 370 g/mol. The summed E-state index contributed by atoms with van der Waals surface area (Å²) in [6.07, 6.45) is 2.55. The fraction of sp³-hybridized carbons (Fsp3) is 0.400. The van der Waals surface area contributed by atoms with Crippen LogP contribution in [0.1, 0.15) is 34.4 Å². The van der Waals surface area contributed by atoms with Crippen LogP contribution in [-0.4, -0.2) is 30.0 Å². The molecule has 0 radical (unpaired) electrons. The quantitative estimate of drug-likeness (QED) is 0.838. The van der Waals surface area contributed by atoms with Gasteiger partial charge >= 0.3 is 6.03 Å². The van der Waals surface area contributed by atoms with Gasteiger partial charge in [0, 0.05) is 10.4 Å². The summed E-state index contributed by atoms with van der Waals surface area (Å²) in [6, 6.07) is 7.65. The van der Waals surface area contributed by atoms with Gasteiger partial charge < -0.3 is 10.1 Å². The lowest BCUT2D eigenvalue weighted by Crippen LogP contribution is -2.46. The minimum atomic E-state index is -0.870. The van der Waals surface area contributed by atoms with E-state index < -0.39 is 5.54 Å². The number of benzene rings is 1. The van der Waals surface area contributed by atoms with Crippen LogP contribution in [0.25, 0.3) is 0 Å². The molecule has 0 bridgehead atoms. The van der Waals surface area contributed by atoms with Gasteiger partial charge in [0.25, 0.3) is 5.91 Å². The van der Waals surface area contributed by atoms with Gasteiger partial charge in [0.05, 0.1) is 6.54 Å². The maximum absolute atomic E-state index is 13.1. The number of aryl methyl sites for hydroxylation is 3. The third-order valence-electron chi connectivity index (χ3n) is 5.12. The van der Waals surface area contributed by atoms with Gasteiger partial charge in [-0.25, -0.2) is 4.79 Å². The molecule has 2 aromatic rings. The molecule has 1 aromatic heterocycles. The molecule has 1 atom stereocenters. The first-order valence-corrected chi connectivity index (χ1v) is 9.80. The third kappa shape index (κ3) is 2.78. The van der Waals surface area contributed by atoms with Crippen LogP contribution >= 0.6 is 11.3 Å². The summed E-state index contributed by atoms with van der Waals surface area (Å²) in [5.41, 5.74) is 2.36. The van der Waals surface area contributed by atoms with Crippen LogP contribution in [0.3, 0.4) is 0 Å². The van der Waals surface area contributed by atoms with E-state index in [0.717, 1.165) is 35.3 Å². The molecule has 1 fully saturated rings. The Hall–Kier alpha value is -2.34. The van der Waals surface area contributed by atoms with Crippen molar-refractivity contribution in [3.63, 3.8) is 0 Å². The molecule has 4 rings (SSSR count). The lowest BCUT2D eigenvalue weighted by atomic mass is 9.80. The molecule has 26 heavy (non-hydrogen) atoms. The Morgan fingerprint density at radius 3 is 2.77 bits per heavy atom. The van der Waals surface area contributed by atoms with E-state index in [1.54, 1.807) is 11.3 Å². The van der Waals surface area contributed by atoms with E-state index in [1.165, 1.54) is 9.78 Å². The first kappa shape index (κ1) is 17.1. The molecule has 1 spiro atoms. The van der Waals surface area contributed by atoms with E-state index in [4.69, 9.17) is 4.74 Å². The van der Waals surface area contributed by atoms with Gasteiger partial charge in [0.2, 0.25) is 0 Å². The van der Waals surface area contributed by atoms with Crippen LogP contribution in [0.15, 0.2) is 29.6 Å². The number of ether oxygens (including phenoxy) is 1. The zero-order valence-electron chi connectivity index (χ0n) is 15.0. The second kappa shape index (κ2) is 6.43. The summed E-state index contributed by atoms with van der Waals surface area (Å²) < 4.78 is 5.78. The minimum absolute atomic E-state index is 0.147.